The van der Waals surface area contributed by atoms with Gasteiger partial charge in [0.1, 0.15) is 0 Å². The summed E-state index contributed by atoms with van der Waals surface area (Å²) in [5.74, 6) is 0.789. The summed E-state index contributed by atoms with van der Waals surface area (Å²) < 4.78 is 0. The van der Waals surface area contributed by atoms with Gasteiger partial charge in [0.25, 0.3) is 0 Å². The predicted molar refractivity (Wildman–Crippen MR) is 72.4 cm³/mol. The second kappa shape index (κ2) is 4.81. The molecule has 1 nitrogen and oxygen atoms in total. The van der Waals surface area contributed by atoms with Crippen molar-refractivity contribution in [2.45, 2.75) is 63.9 Å². The van der Waals surface area contributed by atoms with Crippen LogP contribution in [0.2, 0.25) is 0 Å². The van der Waals surface area contributed by atoms with Gasteiger partial charge in [-0.05, 0) is 48.6 Å². The zero-order chi connectivity index (χ0) is 12.5. The first-order chi connectivity index (χ1) is 7.99. The maximum absolute atomic E-state index is 9.59. The lowest BCUT2D eigenvalue weighted by Gasteiger charge is -2.30. The van der Waals surface area contributed by atoms with Gasteiger partial charge in [-0.15, -0.1) is 0 Å². The molecule has 94 valence electrons. The number of benzene rings is 1. The average molecular weight is 232 g/mol. The Kier molecular flexibility index (Phi) is 3.58. The quantitative estimate of drug-likeness (QED) is 0.832. The second-order valence-electron chi connectivity index (χ2n) is 6.19. The standard InChI is InChI=1S/C16H24O/c1-12(17)11-16(2,3)15-9-5-8-14(10-15)13-6-4-7-13/h5,8-10,12-13,17H,4,6-7,11H2,1-3H3. The Balaban J connectivity index is 2.19. The highest BCUT2D eigenvalue weighted by Crippen LogP contribution is 2.38. The van der Waals surface area contributed by atoms with Crippen LogP contribution in [0.1, 0.15) is 63.5 Å². The first-order valence-corrected chi connectivity index (χ1v) is 6.77. The van der Waals surface area contributed by atoms with Crippen LogP contribution < -0.4 is 0 Å². The van der Waals surface area contributed by atoms with Crippen LogP contribution in [-0.4, -0.2) is 11.2 Å². The number of aliphatic hydroxyl groups is 1. The lowest BCUT2D eigenvalue weighted by atomic mass is 9.75. The molecule has 0 saturated heterocycles. The van der Waals surface area contributed by atoms with Crippen LogP contribution in [0, 0.1) is 0 Å². The molecule has 0 aromatic heterocycles. The third-order valence-corrected chi connectivity index (χ3v) is 4.05. The molecule has 0 aliphatic heterocycles. The molecule has 0 amide bonds. The first kappa shape index (κ1) is 12.6. The summed E-state index contributed by atoms with van der Waals surface area (Å²) in [6.45, 7) is 6.32. The third kappa shape index (κ3) is 2.90. The third-order valence-electron chi connectivity index (χ3n) is 4.05. The SMILES string of the molecule is CC(O)CC(C)(C)c1cccc(C2CCC2)c1. The van der Waals surface area contributed by atoms with Crippen molar-refractivity contribution in [1.82, 2.24) is 0 Å². The number of hydrogen-bond acceptors (Lipinski definition) is 1. The highest BCUT2D eigenvalue weighted by molar-refractivity contribution is 5.32. The average Bonchev–Trinajstić information content (AvgIpc) is 2.13. The summed E-state index contributed by atoms with van der Waals surface area (Å²) in [6, 6.07) is 8.98. The molecule has 1 atom stereocenters. The zero-order valence-corrected chi connectivity index (χ0v) is 11.2. The van der Waals surface area contributed by atoms with Crippen LogP contribution in [0.15, 0.2) is 24.3 Å². The molecule has 2 rings (SSSR count). The minimum atomic E-state index is -0.239. The largest absolute Gasteiger partial charge is 0.393 e. The van der Waals surface area contributed by atoms with Gasteiger partial charge in [0, 0.05) is 0 Å². The van der Waals surface area contributed by atoms with Gasteiger partial charge in [-0.3, -0.25) is 0 Å². The highest BCUT2D eigenvalue weighted by atomic mass is 16.3. The van der Waals surface area contributed by atoms with E-state index in [1.54, 1.807) is 0 Å². The van der Waals surface area contributed by atoms with E-state index in [0.29, 0.717) is 0 Å². The maximum Gasteiger partial charge on any atom is 0.0520 e. The van der Waals surface area contributed by atoms with E-state index in [1.165, 1.54) is 30.4 Å². The Morgan fingerprint density at radius 3 is 2.59 bits per heavy atom. The van der Waals surface area contributed by atoms with Crippen LogP contribution in [-0.2, 0) is 5.41 Å². The predicted octanol–water partition coefficient (Wildman–Crippen LogP) is 4.00. The van der Waals surface area contributed by atoms with E-state index < -0.39 is 0 Å². The molecule has 1 N–H and O–H groups in total. The van der Waals surface area contributed by atoms with Crippen molar-refractivity contribution in [3.05, 3.63) is 35.4 Å². The van der Waals surface area contributed by atoms with Crippen molar-refractivity contribution in [3.8, 4) is 0 Å². The van der Waals surface area contributed by atoms with Crippen LogP contribution in [0.5, 0.6) is 0 Å². The van der Waals surface area contributed by atoms with E-state index in [-0.39, 0.29) is 11.5 Å². The Bertz CT molecular complexity index is 375. The molecule has 1 heteroatoms. The van der Waals surface area contributed by atoms with Gasteiger partial charge in [0.2, 0.25) is 0 Å². The summed E-state index contributed by atoms with van der Waals surface area (Å²) in [5, 5.41) is 9.59. The maximum atomic E-state index is 9.59. The molecule has 0 radical (unpaired) electrons. The minimum Gasteiger partial charge on any atom is -0.393 e. The summed E-state index contributed by atoms with van der Waals surface area (Å²) >= 11 is 0. The summed E-state index contributed by atoms with van der Waals surface area (Å²) in [6.07, 6.45) is 4.66. The van der Waals surface area contributed by atoms with Crippen molar-refractivity contribution in [2.75, 3.05) is 0 Å². The first-order valence-electron chi connectivity index (χ1n) is 6.77. The van der Waals surface area contributed by atoms with Gasteiger partial charge >= 0.3 is 0 Å². The molecule has 1 aliphatic rings. The summed E-state index contributed by atoms with van der Waals surface area (Å²) in [5.41, 5.74) is 2.92. The molecular weight excluding hydrogens is 208 g/mol. The van der Waals surface area contributed by atoms with Gasteiger partial charge in [-0.25, -0.2) is 0 Å². The second-order valence-corrected chi connectivity index (χ2v) is 6.19. The van der Waals surface area contributed by atoms with Crippen molar-refractivity contribution in [1.29, 1.82) is 0 Å². The molecule has 1 fully saturated rings. The van der Waals surface area contributed by atoms with E-state index in [2.05, 4.69) is 38.1 Å². The van der Waals surface area contributed by atoms with Gasteiger partial charge in [0.05, 0.1) is 6.10 Å². The van der Waals surface area contributed by atoms with E-state index in [0.717, 1.165) is 12.3 Å². The Morgan fingerprint density at radius 1 is 1.35 bits per heavy atom. The van der Waals surface area contributed by atoms with Crippen molar-refractivity contribution in [2.24, 2.45) is 0 Å². The van der Waals surface area contributed by atoms with Crippen LogP contribution in [0.3, 0.4) is 0 Å². The Hall–Kier alpha value is -0.820. The molecular formula is C16H24O. The summed E-state index contributed by atoms with van der Waals surface area (Å²) in [7, 11) is 0. The number of hydrogen-bond donors (Lipinski definition) is 1. The van der Waals surface area contributed by atoms with Crippen LogP contribution in [0.25, 0.3) is 0 Å². The van der Waals surface area contributed by atoms with E-state index in [1.807, 2.05) is 6.92 Å². The molecule has 0 heterocycles. The molecule has 0 bridgehead atoms. The van der Waals surface area contributed by atoms with Crippen molar-refractivity contribution in [3.63, 3.8) is 0 Å². The molecule has 1 unspecified atom stereocenters. The van der Waals surface area contributed by atoms with Gasteiger partial charge in [-0.1, -0.05) is 44.5 Å². The van der Waals surface area contributed by atoms with Crippen LogP contribution in [0.4, 0.5) is 0 Å². The monoisotopic (exact) mass is 232 g/mol. The van der Waals surface area contributed by atoms with Gasteiger partial charge < -0.3 is 5.11 Å². The van der Waals surface area contributed by atoms with E-state index in [4.69, 9.17) is 0 Å². The molecule has 1 aromatic carbocycles. The summed E-state index contributed by atoms with van der Waals surface area (Å²) in [4.78, 5) is 0. The smallest absolute Gasteiger partial charge is 0.0520 e. The highest BCUT2D eigenvalue weighted by Gasteiger charge is 2.25. The minimum absolute atomic E-state index is 0.0634. The molecule has 1 aliphatic carbocycles. The zero-order valence-electron chi connectivity index (χ0n) is 11.2. The Labute approximate surface area is 105 Å². The van der Waals surface area contributed by atoms with Crippen molar-refractivity contribution < 1.29 is 5.11 Å². The lowest BCUT2D eigenvalue weighted by molar-refractivity contribution is 0.157. The molecule has 0 spiro atoms. The van der Waals surface area contributed by atoms with E-state index >= 15 is 0 Å². The van der Waals surface area contributed by atoms with Gasteiger partial charge in [0.15, 0.2) is 0 Å². The Morgan fingerprint density at radius 2 is 2.06 bits per heavy atom. The fourth-order valence-electron chi connectivity index (χ4n) is 2.81. The molecule has 17 heavy (non-hydrogen) atoms. The van der Waals surface area contributed by atoms with Crippen molar-refractivity contribution >= 4 is 0 Å². The van der Waals surface area contributed by atoms with Crippen LogP contribution >= 0.6 is 0 Å². The number of rotatable bonds is 4. The fourth-order valence-corrected chi connectivity index (χ4v) is 2.81. The topological polar surface area (TPSA) is 20.2 Å². The molecule has 1 aromatic rings. The number of aliphatic hydroxyl groups excluding tert-OH is 1. The lowest BCUT2D eigenvalue weighted by Crippen LogP contribution is -2.23. The van der Waals surface area contributed by atoms with Gasteiger partial charge in [-0.2, -0.15) is 0 Å². The van der Waals surface area contributed by atoms with E-state index in [9.17, 15) is 5.11 Å². The molecule has 1 saturated carbocycles. The fraction of sp³-hybridized carbons (Fsp3) is 0.625. The normalized spacial score (nSPS) is 18.8.